The van der Waals surface area contributed by atoms with Gasteiger partial charge < -0.3 is 10.6 Å². The molecule has 1 aliphatic rings. The van der Waals surface area contributed by atoms with Crippen LogP contribution in [-0.4, -0.2) is 30.4 Å². The minimum atomic E-state index is 0.552. The van der Waals surface area contributed by atoms with E-state index in [0.717, 1.165) is 28.7 Å². The zero-order valence-corrected chi connectivity index (χ0v) is 13.5. The number of anilines is 3. The van der Waals surface area contributed by atoms with Gasteiger partial charge in [-0.3, -0.25) is 0 Å². The van der Waals surface area contributed by atoms with Crippen LogP contribution in [0.3, 0.4) is 0 Å². The molecule has 0 atom stereocenters. The van der Waals surface area contributed by atoms with E-state index in [2.05, 4.69) is 25.8 Å². The number of nitrogens with one attached hydrogen (secondary N) is 2. The minimum Gasteiger partial charge on any atom is -0.367 e. The lowest BCUT2D eigenvalue weighted by Crippen LogP contribution is -2.08. The summed E-state index contributed by atoms with van der Waals surface area (Å²) in [5, 5.41) is 15.5. The molecule has 0 spiro atoms. The predicted molar refractivity (Wildman–Crippen MR) is 96.5 cm³/mol. The lowest BCUT2D eigenvalue weighted by atomic mass is 10.3. The molecule has 3 aromatic heterocycles. The third-order valence-corrected chi connectivity index (χ3v) is 4.20. The maximum atomic E-state index is 4.62. The maximum absolute atomic E-state index is 4.62. The summed E-state index contributed by atoms with van der Waals surface area (Å²) in [7, 11) is 0. The van der Waals surface area contributed by atoms with Gasteiger partial charge in [0.15, 0.2) is 5.65 Å². The number of fused-ring (bicyclic) bond motifs is 1. The van der Waals surface area contributed by atoms with Crippen molar-refractivity contribution in [3.63, 3.8) is 0 Å². The summed E-state index contributed by atoms with van der Waals surface area (Å²) in [6, 6.07) is 14.5. The summed E-state index contributed by atoms with van der Waals surface area (Å²) < 4.78 is 3.67. The number of nitrogens with zero attached hydrogens (tertiary/aromatic N) is 5. The molecule has 0 amide bonds. The van der Waals surface area contributed by atoms with Gasteiger partial charge in [-0.15, -0.1) is 0 Å². The van der Waals surface area contributed by atoms with Crippen LogP contribution in [0.25, 0.3) is 11.3 Å². The fourth-order valence-electron chi connectivity index (χ4n) is 2.78. The first kappa shape index (κ1) is 14.0. The second-order valence-electron chi connectivity index (χ2n) is 6.17. The fraction of sp³-hybridized carbons (Fsp3) is 0.167. The molecular formula is C18H17N7. The average molecular weight is 331 g/mol. The van der Waals surface area contributed by atoms with E-state index in [1.807, 2.05) is 57.9 Å². The molecule has 7 heteroatoms. The highest BCUT2D eigenvalue weighted by molar-refractivity contribution is 5.64. The zero-order valence-electron chi connectivity index (χ0n) is 13.5. The molecule has 5 rings (SSSR count). The quantitative estimate of drug-likeness (QED) is 0.587. The van der Waals surface area contributed by atoms with Crippen molar-refractivity contribution >= 4 is 23.0 Å². The summed E-state index contributed by atoms with van der Waals surface area (Å²) in [5.41, 5.74) is 2.82. The third kappa shape index (κ3) is 2.80. The highest BCUT2D eigenvalue weighted by Gasteiger charge is 2.22. The molecule has 0 aliphatic heterocycles. The Kier molecular flexibility index (Phi) is 3.16. The number of aromatic nitrogens is 5. The van der Waals surface area contributed by atoms with Gasteiger partial charge >= 0.3 is 0 Å². The summed E-state index contributed by atoms with van der Waals surface area (Å²) in [6.45, 7) is 0. The molecule has 0 radical (unpaired) electrons. The van der Waals surface area contributed by atoms with Gasteiger partial charge in [-0.2, -0.15) is 14.7 Å². The van der Waals surface area contributed by atoms with Crippen LogP contribution in [-0.2, 0) is 0 Å². The normalized spacial score (nSPS) is 13.9. The Balaban J connectivity index is 1.43. The molecule has 0 unspecified atom stereocenters. The van der Waals surface area contributed by atoms with E-state index >= 15 is 0 Å². The highest BCUT2D eigenvalue weighted by Crippen LogP contribution is 2.27. The van der Waals surface area contributed by atoms with Crippen molar-refractivity contribution in [2.24, 2.45) is 0 Å². The largest absolute Gasteiger partial charge is 0.367 e. The number of rotatable bonds is 5. The zero-order chi connectivity index (χ0) is 16.6. The van der Waals surface area contributed by atoms with E-state index in [1.165, 1.54) is 12.8 Å². The van der Waals surface area contributed by atoms with E-state index in [-0.39, 0.29) is 0 Å². The first-order valence-corrected chi connectivity index (χ1v) is 8.34. The number of hydrogen-bond donors (Lipinski definition) is 2. The second-order valence-corrected chi connectivity index (χ2v) is 6.17. The monoisotopic (exact) mass is 331 g/mol. The van der Waals surface area contributed by atoms with Crippen LogP contribution in [0.15, 0.2) is 61.1 Å². The van der Waals surface area contributed by atoms with Gasteiger partial charge in [0.05, 0.1) is 11.9 Å². The van der Waals surface area contributed by atoms with Crippen molar-refractivity contribution in [3.8, 4) is 5.69 Å². The van der Waals surface area contributed by atoms with Crippen molar-refractivity contribution in [1.29, 1.82) is 0 Å². The Labute approximate surface area is 144 Å². The van der Waals surface area contributed by atoms with Crippen molar-refractivity contribution in [3.05, 3.63) is 61.1 Å². The van der Waals surface area contributed by atoms with E-state index in [0.29, 0.717) is 6.04 Å². The SMILES string of the molecule is c1cnn(-c2ccc(Nc3cc(NC4CC4)n4nccc4n3)cc2)c1. The summed E-state index contributed by atoms with van der Waals surface area (Å²) in [5.74, 6) is 1.76. The van der Waals surface area contributed by atoms with Crippen LogP contribution in [0.5, 0.6) is 0 Å². The number of hydrogen-bond acceptors (Lipinski definition) is 5. The standard InChI is InChI=1S/C18H17N7/c1-9-19-24(11-1)15-6-4-13(5-7-15)21-16-12-18(22-14-2-3-14)25-17(23-16)8-10-20-25/h1,4-12,14,22H,2-3H2,(H,21,23). The van der Waals surface area contributed by atoms with Gasteiger partial charge in [-0.25, -0.2) is 9.67 Å². The molecule has 1 fully saturated rings. The lowest BCUT2D eigenvalue weighted by molar-refractivity contribution is 0.881. The van der Waals surface area contributed by atoms with Crippen LogP contribution in [0.1, 0.15) is 12.8 Å². The van der Waals surface area contributed by atoms with E-state index in [9.17, 15) is 0 Å². The van der Waals surface area contributed by atoms with Crippen LogP contribution in [0.4, 0.5) is 17.3 Å². The first-order valence-electron chi connectivity index (χ1n) is 8.34. The van der Waals surface area contributed by atoms with Crippen LogP contribution in [0.2, 0.25) is 0 Å². The van der Waals surface area contributed by atoms with Crippen molar-refractivity contribution in [2.45, 2.75) is 18.9 Å². The van der Waals surface area contributed by atoms with Gasteiger partial charge in [0.25, 0.3) is 0 Å². The van der Waals surface area contributed by atoms with E-state index < -0.39 is 0 Å². The van der Waals surface area contributed by atoms with Crippen LogP contribution in [0, 0.1) is 0 Å². The molecule has 1 aliphatic carbocycles. The predicted octanol–water partition coefficient (Wildman–Crippen LogP) is 3.23. The molecule has 4 aromatic rings. The van der Waals surface area contributed by atoms with Crippen molar-refractivity contribution in [1.82, 2.24) is 24.4 Å². The smallest absolute Gasteiger partial charge is 0.159 e. The highest BCUT2D eigenvalue weighted by atomic mass is 15.3. The summed E-state index contributed by atoms with van der Waals surface area (Å²) in [6.07, 6.45) is 7.88. The Morgan fingerprint density at radius 3 is 2.64 bits per heavy atom. The molecule has 124 valence electrons. The molecule has 1 saturated carbocycles. The van der Waals surface area contributed by atoms with E-state index in [4.69, 9.17) is 0 Å². The second kappa shape index (κ2) is 5.62. The topological polar surface area (TPSA) is 72.1 Å². The molecule has 3 heterocycles. The number of benzene rings is 1. The molecule has 25 heavy (non-hydrogen) atoms. The maximum Gasteiger partial charge on any atom is 0.159 e. The summed E-state index contributed by atoms with van der Waals surface area (Å²) in [4.78, 5) is 4.62. The Morgan fingerprint density at radius 1 is 1.00 bits per heavy atom. The van der Waals surface area contributed by atoms with Gasteiger partial charge in [0.1, 0.15) is 11.6 Å². The molecule has 0 bridgehead atoms. The van der Waals surface area contributed by atoms with Crippen molar-refractivity contribution in [2.75, 3.05) is 10.6 Å². The average Bonchev–Trinajstić information content (AvgIpc) is 3.11. The van der Waals surface area contributed by atoms with Gasteiger partial charge in [-0.1, -0.05) is 0 Å². The van der Waals surface area contributed by atoms with Gasteiger partial charge in [0.2, 0.25) is 0 Å². The van der Waals surface area contributed by atoms with Crippen LogP contribution >= 0.6 is 0 Å². The molecule has 0 saturated heterocycles. The first-order chi connectivity index (χ1) is 12.3. The Hall–Kier alpha value is -3.35. The molecule has 1 aromatic carbocycles. The molecule has 7 nitrogen and oxygen atoms in total. The molecular weight excluding hydrogens is 314 g/mol. The van der Waals surface area contributed by atoms with Crippen LogP contribution < -0.4 is 10.6 Å². The van der Waals surface area contributed by atoms with Gasteiger partial charge in [0, 0.05) is 36.3 Å². The van der Waals surface area contributed by atoms with E-state index in [1.54, 1.807) is 12.4 Å². The fourth-order valence-corrected chi connectivity index (χ4v) is 2.78. The van der Waals surface area contributed by atoms with Gasteiger partial charge in [-0.05, 0) is 43.2 Å². The Bertz CT molecular complexity index is 998. The summed E-state index contributed by atoms with van der Waals surface area (Å²) >= 11 is 0. The lowest BCUT2D eigenvalue weighted by Gasteiger charge is -2.11. The minimum absolute atomic E-state index is 0.552. The third-order valence-electron chi connectivity index (χ3n) is 4.20. The molecule has 2 N–H and O–H groups in total. The Morgan fingerprint density at radius 2 is 1.88 bits per heavy atom. The van der Waals surface area contributed by atoms with Crippen molar-refractivity contribution < 1.29 is 0 Å².